The summed E-state index contributed by atoms with van der Waals surface area (Å²) in [4.78, 5) is 23.3. The molecule has 0 saturated carbocycles. The van der Waals surface area contributed by atoms with Crippen molar-refractivity contribution >= 4 is 21.7 Å². The number of ether oxygens (including phenoxy) is 1. The molecule has 1 aliphatic heterocycles. The molecule has 1 atom stereocenters. The van der Waals surface area contributed by atoms with Crippen LogP contribution in [0.4, 0.5) is 0 Å². The maximum Gasteiger partial charge on any atom is 0.330 e. The lowest BCUT2D eigenvalue weighted by Crippen LogP contribution is -2.37. The number of fused-ring (bicyclic) bond motifs is 1. The summed E-state index contributed by atoms with van der Waals surface area (Å²) < 4.78 is 28.7. The van der Waals surface area contributed by atoms with Gasteiger partial charge in [-0.15, -0.1) is 0 Å². The van der Waals surface area contributed by atoms with Crippen molar-refractivity contribution in [3.8, 4) is 5.75 Å². The SMILES string of the molecule is CCCS(=O)(=O)CC(=O)NC(C(=O)O)c1ccc2c(c1)CCO2. The van der Waals surface area contributed by atoms with E-state index in [9.17, 15) is 23.1 Å². The van der Waals surface area contributed by atoms with Gasteiger partial charge in [0.2, 0.25) is 5.91 Å². The lowest BCUT2D eigenvalue weighted by atomic mass is 10.0. The van der Waals surface area contributed by atoms with Gasteiger partial charge in [0.25, 0.3) is 0 Å². The average Bonchev–Trinajstić information content (AvgIpc) is 2.91. The van der Waals surface area contributed by atoms with Crippen molar-refractivity contribution in [1.29, 1.82) is 0 Å². The van der Waals surface area contributed by atoms with Crippen molar-refractivity contribution in [2.45, 2.75) is 25.8 Å². The van der Waals surface area contributed by atoms with E-state index in [1.54, 1.807) is 25.1 Å². The van der Waals surface area contributed by atoms with Crippen molar-refractivity contribution < 1.29 is 27.9 Å². The molecule has 0 saturated heterocycles. The third-order valence-electron chi connectivity index (χ3n) is 3.47. The van der Waals surface area contributed by atoms with E-state index in [-0.39, 0.29) is 5.75 Å². The van der Waals surface area contributed by atoms with E-state index in [2.05, 4.69) is 5.32 Å². The first-order chi connectivity index (χ1) is 10.8. The van der Waals surface area contributed by atoms with Crippen molar-refractivity contribution in [3.05, 3.63) is 29.3 Å². The first kappa shape index (κ1) is 17.3. The maximum atomic E-state index is 11.9. The van der Waals surface area contributed by atoms with E-state index in [0.717, 1.165) is 5.56 Å². The Kier molecular flexibility index (Phi) is 5.25. The van der Waals surface area contributed by atoms with Gasteiger partial charge >= 0.3 is 5.97 Å². The van der Waals surface area contributed by atoms with Crippen LogP contribution >= 0.6 is 0 Å². The maximum absolute atomic E-state index is 11.9. The van der Waals surface area contributed by atoms with E-state index in [0.29, 0.717) is 30.8 Å². The summed E-state index contributed by atoms with van der Waals surface area (Å²) in [5, 5.41) is 11.6. The number of benzene rings is 1. The molecule has 1 unspecified atom stereocenters. The molecular weight excluding hydrogens is 322 g/mol. The fourth-order valence-electron chi connectivity index (χ4n) is 2.46. The zero-order valence-electron chi connectivity index (χ0n) is 12.7. The predicted molar refractivity (Wildman–Crippen MR) is 83.1 cm³/mol. The summed E-state index contributed by atoms with van der Waals surface area (Å²) in [5.74, 6) is -2.17. The number of amides is 1. The highest BCUT2D eigenvalue weighted by Gasteiger charge is 2.26. The van der Waals surface area contributed by atoms with Crippen LogP contribution in [0.25, 0.3) is 0 Å². The number of hydrogen-bond acceptors (Lipinski definition) is 5. The van der Waals surface area contributed by atoms with Gasteiger partial charge in [0.1, 0.15) is 11.5 Å². The van der Waals surface area contributed by atoms with Gasteiger partial charge in [-0.3, -0.25) is 4.79 Å². The third-order valence-corrected chi connectivity index (χ3v) is 5.20. The molecular formula is C15H19NO6S. The van der Waals surface area contributed by atoms with E-state index in [1.807, 2.05) is 0 Å². The second kappa shape index (κ2) is 6.99. The van der Waals surface area contributed by atoms with Crippen LogP contribution < -0.4 is 10.1 Å². The molecule has 0 bridgehead atoms. The first-order valence-electron chi connectivity index (χ1n) is 7.30. The number of carboxylic acid groups (broad SMARTS) is 1. The molecule has 0 spiro atoms. The monoisotopic (exact) mass is 341 g/mol. The molecule has 126 valence electrons. The quantitative estimate of drug-likeness (QED) is 0.755. The number of nitrogens with one attached hydrogen (secondary N) is 1. The molecule has 1 heterocycles. The number of rotatable bonds is 7. The largest absolute Gasteiger partial charge is 0.493 e. The smallest absolute Gasteiger partial charge is 0.330 e. The molecule has 1 aromatic carbocycles. The summed E-state index contributed by atoms with van der Waals surface area (Å²) in [6.45, 7) is 2.24. The number of carbonyl (C=O) groups is 2. The van der Waals surface area contributed by atoms with Gasteiger partial charge in [-0.25, -0.2) is 13.2 Å². The van der Waals surface area contributed by atoms with Gasteiger partial charge in [0, 0.05) is 6.42 Å². The fraction of sp³-hybridized carbons (Fsp3) is 0.467. The Morgan fingerprint density at radius 3 is 2.78 bits per heavy atom. The summed E-state index contributed by atoms with van der Waals surface area (Å²) in [6, 6.07) is 3.60. The first-order valence-corrected chi connectivity index (χ1v) is 9.12. The number of sulfone groups is 1. The highest BCUT2D eigenvalue weighted by Crippen LogP contribution is 2.28. The lowest BCUT2D eigenvalue weighted by molar-refractivity contribution is -0.141. The highest BCUT2D eigenvalue weighted by atomic mass is 32.2. The summed E-state index contributed by atoms with van der Waals surface area (Å²) >= 11 is 0. The van der Waals surface area contributed by atoms with E-state index in [1.165, 1.54) is 0 Å². The molecule has 1 aliphatic rings. The van der Waals surface area contributed by atoms with Gasteiger partial charge in [-0.05, 0) is 29.7 Å². The van der Waals surface area contributed by atoms with Crippen LogP contribution in [0.3, 0.4) is 0 Å². The molecule has 8 heteroatoms. The Bertz CT molecular complexity index is 713. The lowest BCUT2D eigenvalue weighted by Gasteiger charge is -2.16. The Labute approximate surface area is 134 Å². The molecule has 0 fully saturated rings. The molecule has 0 aliphatic carbocycles. The van der Waals surface area contributed by atoms with Gasteiger partial charge in [0.05, 0.1) is 12.4 Å². The number of hydrogen-bond donors (Lipinski definition) is 2. The zero-order chi connectivity index (χ0) is 17.0. The number of carboxylic acids is 1. The van der Waals surface area contributed by atoms with Gasteiger partial charge in [-0.1, -0.05) is 13.0 Å². The Morgan fingerprint density at radius 1 is 1.39 bits per heavy atom. The summed E-state index contributed by atoms with van der Waals surface area (Å²) in [6.07, 6.45) is 1.08. The van der Waals surface area contributed by atoms with Crippen molar-refractivity contribution in [3.63, 3.8) is 0 Å². The topological polar surface area (TPSA) is 110 Å². The number of aliphatic carboxylic acids is 1. The highest BCUT2D eigenvalue weighted by molar-refractivity contribution is 7.92. The molecule has 2 rings (SSSR count). The van der Waals surface area contributed by atoms with Crippen molar-refractivity contribution in [2.75, 3.05) is 18.1 Å². The predicted octanol–water partition coefficient (Wildman–Crippen LogP) is 0.688. The van der Waals surface area contributed by atoms with E-state index in [4.69, 9.17) is 4.74 Å². The standard InChI is InChI=1S/C15H19NO6S/c1-2-7-23(20,21)9-13(17)16-14(15(18)19)11-3-4-12-10(8-11)5-6-22-12/h3-4,8,14H,2,5-7,9H2,1H3,(H,16,17)(H,18,19). The normalized spacial score (nSPS) is 14.7. The second-order valence-corrected chi connectivity index (χ2v) is 7.58. The summed E-state index contributed by atoms with van der Waals surface area (Å²) in [7, 11) is -3.52. The molecule has 0 radical (unpaired) electrons. The van der Waals surface area contributed by atoms with Crippen molar-refractivity contribution in [1.82, 2.24) is 5.32 Å². The minimum absolute atomic E-state index is 0.103. The molecule has 1 amide bonds. The average molecular weight is 341 g/mol. The van der Waals surface area contributed by atoms with Gasteiger partial charge in [-0.2, -0.15) is 0 Å². The van der Waals surface area contributed by atoms with Crippen LogP contribution in [0.1, 0.15) is 30.5 Å². The molecule has 23 heavy (non-hydrogen) atoms. The van der Waals surface area contributed by atoms with Crippen molar-refractivity contribution in [2.24, 2.45) is 0 Å². The van der Waals surface area contributed by atoms with Crippen LogP contribution in [0.15, 0.2) is 18.2 Å². The molecule has 7 nitrogen and oxygen atoms in total. The van der Waals surface area contributed by atoms with Crippen LogP contribution in [0, 0.1) is 0 Å². The number of carbonyl (C=O) groups excluding carboxylic acids is 1. The summed E-state index contributed by atoms with van der Waals surface area (Å²) in [5.41, 5.74) is 1.27. The van der Waals surface area contributed by atoms with Crippen LogP contribution in [-0.2, 0) is 25.8 Å². The molecule has 2 N–H and O–H groups in total. The Morgan fingerprint density at radius 2 is 2.13 bits per heavy atom. The van der Waals surface area contributed by atoms with Crippen LogP contribution in [-0.4, -0.2) is 43.5 Å². The fourth-order valence-corrected chi connectivity index (χ4v) is 3.71. The van der Waals surface area contributed by atoms with E-state index < -0.39 is 33.5 Å². The minimum Gasteiger partial charge on any atom is -0.493 e. The minimum atomic E-state index is -3.52. The van der Waals surface area contributed by atoms with Gasteiger partial charge < -0.3 is 15.2 Å². The van der Waals surface area contributed by atoms with Crippen LogP contribution in [0.2, 0.25) is 0 Å². The Balaban J connectivity index is 2.13. The molecule has 1 aromatic rings. The van der Waals surface area contributed by atoms with Gasteiger partial charge in [0.15, 0.2) is 15.9 Å². The second-order valence-electron chi connectivity index (χ2n) is 5.40. The van der Waals surface area contributed by atoms with Crippen LogP contribution in [0.5, 0.6) is 5.75 Å². The van der Waals surface area contributed by atoms with E-state index >= 15 is 0 Å². The molecule has 0 aromatic heterocycles. The zero-order valence-corrected chi connectivity index (χ0v) is 13.6. The third kappa shape index (κ3) is 4.44. The Hall–Kier alpha value is -2.09.